The summed E-state index contributed by atoms with van der Waals surface area (Å²) >= 11 is 3.50. The fourth-order valence-corrected chi connectivity index (χ4v) is 2.61. The lowest BCUT2D eigenvalue weighted by Crippen LogP contribution is -2.13. The van der Waals surface area contributed by atoms with Crippen LogP contribution >= 0.6 is 15.9 Å². The number of benzene rings is 2. The first-order valence-corrected chi connectivity index (χ1v) is 7.04. The molecule has 2 aromatic rings. The smallest absolute Gasteiger partial charge is 0.133 e. The fraction of sp³-hybridized carbons (Fsp3) is 0.250. The molecule has 3 heteroatoms. The van der Waals surface area contributed by atoms with Crippen molar-refractivity contribution in [3.8, 4) is 5.75 Å². The molecule has 0 saturated carbocycles. The summed E-state index contributed by atoms with van der Waals surface area (Å²) in [5.41, 5.74) is 9.86. The molecule has 2 rings (SSSR count). The van der Waals surface area contributed by atoms with Gasteiger partial charge in [-0.1, -0.05) is 35.9 Å². The predicted octanol–water partition coefficient (Wildman–Crippen LogP) is 4.01. The van der Waals surface area contributed by atoms with Crippen molar-refractivity contribution < 1.29 is 4.74 Å². The van der Waals surface area contributed by atoms with E-state index >= 15 is 0 Å². The Morgan fingerprint density at radius 1 is 1.16 bits per heavy atom. The molecule has 0 aliphatic carbocycles. The normalized spacial score (nSPS) is 12.2. The maximum atomic E-state index is 6.25. The van der Waals surface area contributed by atoms with Crippen molar-refractivity contribution in [2.75, 3.05) is 7.11 Å². The van der Waals surface area contributed by atoms with E-state index in [4.69, 9.17) is 10.5 Å². The standard InChI is InChI=1S/C16H18BrNO/c1-11-3-6-13(7-4-11)15(18)10-12-5-8-16(19-2)14(17)9-12/h3-9,15H,10,18H2,1-2H3. The van der Waals surface area contributed by atoms with Gasteiger partial charge in [-0.05, 0) is 52.5 Å². The predicted molar refractivity (Wildman–Crippen MR) is 82.5 cm³/mol. The Labute approximate surface area is 122 Å². The zero-order valence-corrected chi connectivity index (χ0v) is 12.8. The number of rotatable bonds is 4. The number of hydrogen-bond acceptors (Lipinski definition) is 2. The van der Waals surface area contributed by atoms with Crippen LogP contribution in [0.1, 0.15) is 22.7 Å². The van der Waals surface area contributed by atoms with Gasteiger partial charge in [0.05, 0.1) is 11.6 Å². The molecule has 0 aliphatic heterocycles. The molecule has 100 valence electrons. The number of nitrogens with two attached hydrogens (primary N) is 1. The van der Waals surface area contributed by atoms with Crippen LogP contribution in [0.15, 0.2) is 46.9 Å². The molecule has 2 nitrogen and oxygen atoms in total. The number of halogens is 1. The van der Waals surface area contributed by atoms with E-state index in [1.54, 1.807) is 7.11 Å². The third-order valence-electron chi connectivity index (χ3n) is 3.18. The molecule has 0 spiro atoms. The van der Waals surface area contributed by atoms with E-state index in [1.807, 2.05) is 6.07 Å². The minimum Gasteiger partial charge on any atom is -0.496 e. The molecule has 1 atom stereocenters. The lowest BCUT2D eigenvalue weighted by molar-refractivity contribution is 0.412. The van der Waals surface area contributed by atoms with Gasteiger partial charge in [0, 0.05) is 6.04 Å². The Morgan fingerprint density at radius 2 is 1.84 bits per heavy atom. The first-order chi connectivity index (χ1) is 9.10. The van der Waals surface area contributed by atoms with Crippen LogP contribution in [0.2, 0.25) is 0 Å². The molecular weight excluding hydrogens is 302 g/mol. The summed E-state index contributed by atoms with van der Waals surface area (Å²) in [6.45, 7) is 2.08. The molecule has 0 fully saturated rings. The fourth-order valence-electron chi connectivity index (χ4n) is 2.02. The van der Waals surface area contributed by atoms with Crippen LogP contribution < -0.4 is 10.5 Å². The third-order valence-corrected chi connectivity index (χ3v) is 3.80. The van der Waals surface area contributed by atoms with Gasteiger partial charge < -0.3 is 10.5 Å². The van der Waals surface area contributed by atoms with Crippen LogP contribution in [0.3, 0.4) is 0 Å². The van der Waals surface area contributed by atoms with E-state index in [-0.39, 0.29) is 6.04 Å². The monoisotopic (exact) mass is 319 g/mol. The molecule has 0 saturated heterocycles. The summed E-state index contributed by atoms with van der Waals surface area (Å²) in [7, 11) is 1.66. The van der Waals surface area contributed by atoms with Gasteiger partial charge in [-0.15, -0.1) is 0 Å². The highest BCUT2D eigenvalue weighted by Gasteiger charge is 2.08. The topological polar surface area (TPSA) is 35.2 Å². The summed E-state index contributed by atoms with van der Waals surface area (Å²) in [5, 5.41) is 0. The van der Waals surface area contributed by atoms with E-state index in [0.717, 1.165) is 22.2 Å². The maximum Gasteiger partial charge on any atom is 0.133 e. The Hall–Kier alpha value is -1.32. The lowest BCUT2D eigenvalue weighted by Gasteiger charge is -2.13. The van der Waals surface area contributed by atoms with Crippen molar-refractivity contribution in [2.24, 2.45) is 5.73 Å². The molecule has 0 bridgehead atoms. The molecule has 0 aromatic heterocycles. The van der Waals surface area contributed by atoms with Gasteiger partial charge in [0.25, 0.3) is 0 Å². The average molecular weight is 320 g/mol. The summed E-state index contributed by atoms with van der Waals surface area (Å²) in [4.78, 5) is 0. The zero-order valence-electron chi connectivity index (χ0n) is 11.2. The maximum absolute atomic E-state index is 6.25. The minimum absolute atomic E-state index is 0.0147. The van der Waals surface area contributed by atoms with E-state index in [9.17, 15) is 0 Å². The van der Waals surface area contributed by atoms with E-state index in [1.165, 1.54) is 11.1 Å². The molecule has 1 unspecified atom stereocenters. The van der Waals surface area contributed by atoms with Crippen molar-refractivity contribution >= 4 is 15.9 Å². The number of methoxy groups -OCH3 is 1. The largest absolute Gasteiger partial charge is 0.496 e. The highest BCUT2D eigenvalue weighted by molar-refractivity contribution is 9.10. The highest BCUT2D eigenvalue weighted by Crippen LogP contribution is 2.27. The van der Waals surface area contributed by atoms with Crippen LogP contribution in [0.4, 0.5) is 0 Å². The van der Waals surface area contributed by atoms with Gasteiger partial charge in [0.1, 0.15) is 5.75 Å². The Morgan fingerprint density at radius 3 is 2.42 bits per heavy atom. The second kappa shape index (κ2) is 6.22. The molecule has 2 N–H and O–H groups in total. The summed E-state index contributed by atoms with van der Waals surface area (Å²) in [6, 6.07) is 14.5. The van der Waals surface area contributed by atoms with Gasteiger partial charge in [0.2, 0.25) is 0 Å². The van der Waals surface area contributed by atoms with Crippen molar-refractivity contribution in [1.82, 2.24) is 0 Å². The number of ether oxygens (including phenoxy) is 1. The van der Waals surface area contributed by atoms with Crippen molar-refractivity contribution in [3.63, 3.8) is 0 Å². The number of aryl methyl sites for hydroxylation is 1. The SMILES string of the molecule is COc1ccc(CC(N)c2ccc(C)cc2)cc1Br. The average Bonchev–Trinajstić information content (AvgIpc) is 2.39. The Kier molecular flexibility index (Phi) is 4.61. The third kappa shape index (κ3) is 3.58. The highest BCUT2D eigenvalue weighted by atomic mass is 79.9. The molecule has 19 heavy (non-hydrogen) atoms. The van der Waals surface area contributed by atoms with Crippen molar-refractivity contribution in [2.45, 2.75) is 19.4 Å². The van der Waals surface area contributed by atoms with Crippen molar-refractivity contribution in [1.29, 1.82) is 0 Å². The van der Waals surface area contributed by atoms with Crippen LogP contribution in [-0.2, 0) is 6.42 Å². The number of hydrogen-bond donors (Lipinski definition) is 1. The lowest BCUT2D eigenvalue weighted by atomic mass is 9.99. The van der Waals surface area contributed by atoms with Crippen LogP contribution in [0, 0.1) is 6.92 Å². The quantitative estimate of drug-likeness (QED) is 0.924. The van der Waals surface area contributed by atoms with E-state index in [0.29, 0.717) is 0 Å². The van der Waals surface area contributed by atoms with Crippen LogP contribution in [-0.4, -0.2) is 7.11 Å². The Balaban J connectivity index is 2.12. The van der Waals surface area contributed by atoms with Gasteiger partial charge in [-0.25, -0.2) is 0 Å². The van der Waals surface area contributed by atoms with Gasteiger partial charge in [-0.2, -0.15) is 0 Å². The van der Waals surface area contributed by atoms with Gasteiger partial charge >= 0.3 is 0 Å². The van der Waals surface area contributed by atoms with E-state index in [2.05, 4.69) is 59.3 Å². The van der Waals surface area contributed by atoms with E-state index < -0.39 is 0 Å². The molecule has 0 aliphatic rings. The van der Waals surface area contributed by atoms with Crippen molar-refractivity contribution in [3.05, 3.63) is 63.6 Å². The second-order valence-electron chi connectivity index (χ2n) is 4.69. The van der Waals surface area contributed by atoms with Crippen LogP contribution in [0.25, 0.3) is 0 Å². The van der Waals surface area contributed by atoms with Gasteiger partial charge in [0.15, 0.2) is 0 Å². The minimum atomic E-state index is 0.0147. The zero-order chi connectivity index (χ0) is 13.8. The van der Waals surface area contributed by atoms with Crippen LogP contribution in [0.5, 0.6) is 5.75 Å². The first-order valence-electron chi connectivity index (χ1n) is 6.24. The van der Waals surface area contributed by atoms with Gasteiger partial charge in [-0.3, -0.25) is 0 Å². The summed E-state index contributed by atoms with van der Waals surface area (Å²) in [5.74, 6) is 0.840. The molecular formula is C16H18BrNO. The molecule has 0 heterocycles. The Bertz CT molecular complexity index is 551. The molecule has 2 aromatic carbocycles. The second-order valence-corrected chi connectivity index (χ2v) is 5.54. The summed E-state index contributed by atoms with van der Waals surface area (Å²) < 4.78 is 6.19. The molecule has 0 amide bonds. The molecule has 0 radical (unpaired) electrons. The first kappa shape index (κ1) is 14.1. The summed E-state index contributed by atoms with van der Waals surface area (Å²) in [6.07, 6.45) is 0.811.